The van der Waals surface area contributed by atoms with Gasteiger partial charge in [-0.3, -0.25) is 5.32 Å². The summed E-state index contributed by atoms with van der Waals surface area (Å²) in [5.74, 6) is -0.340. The number of benzene rings is 1. The zero-order chi connectivity index (χ0) is 15.2. The van der Waals surface area contributed by atoms with Crippen LogP contribution in [0.1, 0.15) is 23.4 Å². The van der Waals surface area contributed by atoms with Crippen LogP contribution in [0, 0.1) is 0 Å². The maximum Gasteiger partial charge on any atom is 0.327 e. The van der Waals surface area contributed by atoms with Gasteiger partial charge in [-0.25, -0.2) is 4.79 Å². The molecule has 112 valence electrons. The van der Waals surface area contributed by atoms with Crippen LogP contribution >= 0.6 is 34.5 Å². The summed E-state index contributed by atoms with van der Waals surface area (Å²) in [5.41, 5.74) is 0.697. The molecule has 1 aromatic heterocycles. The predicted octanol–water partition coefficient (Wildman–Crippen LogP) is 4.45. The van der Waals surface area contributed by atoms with Crippen molar-refractivity contribution >= 4 is 40.5 Å². The Balaban J connectivity index is 2.20. The molecule has 3 nitrogen and oxygen atoms in total. The fourth-order valence-electron chi connectivity index (χ4n) is 1.92. The number of carbonyl (C=O) groups excluding carboxylic acids is 1. The van der Waals surface area contributed by atoms with Crippen LogP contribution in [0.4, 0.5) is 0 Å². The van der Waals surface area contributed by atoms with Gasteiger partial charge in [0.1, 0.15) is 6.04 Å². The number of nitrogens with one attached hydrogen (secondary N) is 1. The van der Waals surface area contributed by atoms with Crippen molar-refractivity contribution in [1.29, 1.82) is 0 Å². The highest BCUT2D eigenvalue weighted by molar-refractivity contribution is 7.09. The van der Waals surface area contributed by atoms with Crippen LogP contribution < -0.4 is 5.32 Å². The van der Waals surface area contributed by atoms with E-state index >= 15 is 0 Å². The van der Waals surface area contributed by atoms with Crippen molar-refractivity contribution < 1.29 is 9.53 Å². The molecule has 21 heavy (non-hydrogen) atoms. The van der Waals surface area contributed by atoms with Gasteiger partial charge in [0.05, 0.1) is 6.61 Å². The fraction of sp³-hybridized carbons (Fsp3) is 0.267. The number of esters is 1. The van der Waals surface area contributed by atoms with E-state index in [0.717, 1.165) is 4.88 Å². The Bertz CT molecular complexity index is 581. The first-order chi connectivity index (χ1) is 10.1. The molecule has 0 aliphatic rings. The molecule has 0 aliphatic carbocycles. The van der Waals surface area contributed by atoms with Gasteiger partial charge in [0.25, 0.3) is 0 Å². The monoisotopic (exact) mass is 343 g/mol. The summed E-state index contributed by atoms with van der Waals surface area (Å²) in [7, 11) is 0. The highest BCUT2D eigenvalue weighted by Crippen LogP contribution is 2.25. The first-order valence-electron chi connectivity index (χ1n) is 6.48. The van der Waals surface area contributed by atoms with Gasteiger partial charge in [0.2, 0.25) is 0 Å². The lowest BCUT2D eigenvalue weighted by Gasteiger charge is -2.18. The lowest BCUT2D eigenvalue weighted by Crippen LogP contribution is -2.29. The van der Waals surface area contributed by atoms with Gasteiger partial charge < -0.3 is 4.74 Å². The molecular formula is C15H15Cl2NO2S. The summed E-state index contributed by atoms with van der Waals surface area (Å²) in [4.78, 5) is 13.3. The van der Waals surface area contributed by atoms with Gasteiger partial charge in [0.15, 0.2) is 0 Å². The number of carbonyl (C=O) groups is 1. The fourth-order valence-corrected chi connectivity index (χ4v) is 3.12. The van der Waals surface area contributed by atoms with E-state index in [0.29, 0.717) is 28.8 Å². The molecule has 1 atom stereocenters. The van der Waals surface area contributed by atoms with Crippen LogP contribution in [0.2, 0.25) is 10.0 Å². The summed E-state index contributed by atoms with van der Waals surface area (Å²) < 4.78 is 5.12. The van der Waals surface area contributed by atoms with Gasteiger partial charge in [-0.05, 0) is 42.1 Å². The standard InChI is InChI=1S/C15H15Cl2NO2S/c1-2-20-15(19)14(18-9-13-4-3-5-21-13)10-6-11(16)8-12(17)7-10/h3-8,14,18H,2,9H2,1H3. The van der Waals surface area contributed by atoms with E-state index in [2.05, 4.69) is 5.32 Å². The second-order valence-electron chi connectivity index (χ2n) is 4.35. The number of hydrogen-bond acceptors (Lipinski definition) is 4. The largest absolute Gasteiger partial charge is 0.465 e. The van der Waals surface area contributed by atoms with E-state index in [1.54, 1.807) is 36.5 Å². The van der Waals surface area contributed by atoms with E-state index in [4.69, 9.17) is 27.9 Å². The first kappa shape index (κ1) is 16.3. The Hall–Kier alpha value is -1.07. The predicted molar refractivity (Wildman–Crippen MR) is 87.0 cm³/mol. The second kappa shape index (κ2) is 7.80. The third kappa shape index (κ3) is 4.71. The van der Waals surface area contributed by atoms with E-state index in [1.165, 1.54) is 0 Å². The van der Waals surface area contributed by atoms with E-state index in [9.17, 15) is 4.79 Å². The maximum atomic E-state index is 12.2. The number of halogens is 2. The smallest absolute Gasteiger partial charge is 0.327 e. The molecule has 6 heteroatoms. The summed E-state index contributed by atoms with van der Waals surface area (Å²) >= 11 is 13.7. The first-order valence-corrected chi connectivity index (χ1v) is 8.12. The van der Waals surface area contributed by atoms with Crippen LogP contribution in [-0.2, 0) is 16.1 Å². The quantitative estimate of drug-likeness (QED) is 0.787. The molecule has 1 unspecified atom stereocenters. The molecule has 0 amide bonds. The molecule has 0 saturated heterocycles. The molecule has 0 fully saturated rings. The van der Waals surface area contributed by atoms with Gasteiger partial charge in [-0.15, -0.1) is 11.3 Å². The number of hydrogen-bond donors (Lipinski definition) is 1. The van der Waals surface area contributed by atoms with Crippen molar-refractivity contribution in [2.45, 2.75) is 19.5 Å². The summed E-state index contributed by atoms with van der Waals surface area (Å²) in [6.45, 7) is 2.68. The Morgan fingerprint density at radius 2 is 2.05 bits per heavy atom. The lowest BCUT2D eigenvalue weighted by molar-refractivity contribution is -0.145. The molecule has 0 radical (unpaired) electrons. The molecule has 0 bridgehead atoms. The molecule has 0 spiro atoms. The number of rotatable bonds is 6. The Labute approximate surface area is 137 Å². The van der Waals surface area contributed by atoms with E-state index in [-0.39, 0.29) is 5.97 Å². The average molecular weight is 344 g/mol. The third-order valence-corrected chi connectivity index (χ3v) is 4.11. The summed E-state index contributed by atoms with van der Waals surface area (Å²) in [6.07, 6.45) is 0. The van der Waals surface area contributed by atoms with Crippen molar-refractivity contribution in [3.8, 4) is 0 Å². The molecule has 0 saturated carbocycles. The van der Waals surface area contributed by atoms with E-state index in [1.807, 2.05) is 17.5 Å². The van der Waals surface area contributed by atoms with Crippen LogP contribution in [0.25, 0.3) is 0 Å². The van der Waals surface area contributed by atoms with Crippen LogP contribution in [0.5, 0.6) is 0 Å². The average Bonchev–Trinajstić information content (AvgIpc) is 2.91. The molecular weight excluding hydrogens is 329 g/mol. The molecule has 1 aromatic carbocycles. The molecule has 0 aliphatic heterocycles. The Morgan fingerprint density at radius 1 is 1.33 bits per heavy atom. The maximum absolute atomic E-state index is 12.2. The van der Waals surface area contributed by atoms with Crippen molar-refractivity contribution in [3.05, 3.63) is 56.2 Å². The zero-order valence-corrected chi connectivity index (χ0v) is 13.8. The zero-order valence-electron chi connectivity index (χ0n) is 11.4. The highest BCUT2D eigenvalue weighted by Gasteiger charge is 2.22. The van der Waals surface area contributed by atoms with Crippen molar-refractivity contribution in [1.82, 2.24) is 5.32 Å². The van der Waals surface area contributed by atoms with Gasteiger partial charge in [-0.2, -0.15) is 0 Å². The minimum absolute atomic E-state index is 0.324. The molecule has 2 rings (SSSR count). The SMILES string of the molecule is CCOC(=O)C(NCc1cccs1)c1cc(Cl)cc(Cl)c1. The normalized spacial score (nSPS) is 12.1. The van der Waals surface area contributed by atoms with Crippen LogP contribution in [0.3, 0.4) is 0 Å². The number of thiophene rings is 1. The second-order valence-corrected chi connectivity index (χ2v) is 6.25. The third-order valence-electron chi connectivity index (χ3n) is 2.80. The van der Waals surface area contributed by atoms with Crippen molar-refractivity contribution in [2.75, 3.05) is 6.61 Å². The lowest BCUT2D eigenvalue weighted by atomic mass is 10.1. The highest BCUT2D eigenvalue weighted by atomic mass is 35.5. The van der Waals surface area contributed by atoms with Crippen molar-refractivity contribution in [2.24, 2.45) is 0 Å². The van der Waals surface area contributed by atoms with Gasteiger partial charge in [-0.1, -0.05) is 29.3 Å². The molecule has 2 aromatic rings. The topological polar surface area (TPSA) is 38.3 Å². The van der Waals surface area contributed by atoms with Crippen LogP contribution in [0.15, 0.2) is 35.7 Å². The van der Waals surface area contributed by atoms with Crippen molar-refractivity contribution in [3.63, 3.8) is 0 Å². The molecule has 1 N–H and O–H groups in total. The Morgan fingerprint density at radius 3 is 2.62 bits per heavy atom. The van der Waals surface area contributed by atoms with Gasteiger partial charge >= 0.3 is 5.97 Å². The molecule has 1 heterocycles. The Kier molecular flexibility index (Phi) is 6.06. The minimum Gasteiger partial charge on any atom is -0.465 e. The van der Waals surface area contributed by atoms with Gasteiger partial charge in [0, 0.05) is 21.5 Å². The summed E-state index contributed by atoms with van der Waals surface area (Å²) in [5, 5.41) is 6.17. The number of ether oxygens (including phenoxy) is 1. The minimum atomic E-state index is -0.594. The summed E-state index contributed by atoms with van der Waals surface area (Å²) in [6, 6.07) is 8.45. The van der Waals surface area contributed by atoms with Crippen LogP contribution in [-0.4, -0.2) is 12.6 Å². The van der Waals surface area contributed by atoms with E-state index < -0.39 is 6.04 Å².